The zero-order valence-electron chi connectivity index (χ0n) is 15.6. The standard InChI is InChI=1S/C19H18BrF2N3O4/c1-24-17(26)14-5-4-13(20)8-15(14)25(24)10-12-7-11(9-23-19(27)28-2)3-6-16(12)29-18(21)22/h3-8,18H,9-10H2,1-2H3,(H,23,27). The van der Waals surface area contributed by atoms with Crippen LogP contribution in [-0.2, 0) is 24.9 Å². The van der Waals surface area contributed by atoms with Gasteiger partial charge in [-0.1, -0.05) is 22.0 Å². The van der Waals surface area contributed by atoms with Crippen molar-refractivity contribution in [3.05, 3.63) is 62.4 Å². The maximum atomic E-state index is 12.9. The van der Waals surface area contributed by atoms with Crippen molar-refractivity contribution in [1.29, 1.82) is 0 Å². The largest absolute Gasteiger partial charge is 0.453 e. The van der Waals surface area contributed by atoms with Crippen LogP contribution in [0.5, 0.6) is 5.75 Å². The minimum absolute atomic E-state index is 0.00823. The van der Waals surface area contributed by atoms with Crippen LogP contribution in [-0.4, -0.2) is 29.2 Å². The molecule has 1 aromatic heterocycles. The van der Waals surface area contributed by atoms with Crippen LogP contribution in [0.4, 0.5) is 13.6 Å². The highest BCUT2D eigenvalue weighted by atomic mass is 79.9. The number of fused-ring (bicyclic) bond motifs is 1. The molecule has 0 aliphatic rings. The molecule has 0 radical (unpaired) electrons. The van der Waals surface area contributed by atoms with E-state index < -0.39 is 12.7 Å². The van der Waals surface area contributed by atoms with E-state index in [9.17, 15) is 18.4 Å². The van der Waals surface area contributed by atoms with Crippen molar-refractivity contribution in [3.8, 4) is 5.75 Å². The van der Waals surface area contributed by atoms with Crippen LogP contribution in [0.25, 0.3) is 10.9 Å². The molecule has 0 aliphatic heterocycles. The van der Waals surface area contributed by atoms with Gasteiger partial charge in [-0.25, -0.2) is 4.79 Å². The number of alkyl halides is 2. The summed E-state index contributed by atoms with van der Waals surface area (Å²) in [6.45, 7) is -2.74. The van der Waals surface area contributed by atoms with Crippen molar-refractivity contribution in [1.82, 2.24) is 14.7 Å². The normalized spacial score (nSPS) is 11.1. The predicted molar refractivity (Wildman–Crippen MR) is 106 cm³/mol. The maximum absolute atomic E-state index is 12.9. The van der Waals surface area contributed by atoms with Gasteiger partial charge in [0.15, 0.2) is 0 Å². The maximum Gasteiger partial charge on any atom is 0.407 e. The molecule has 0 saturated carbocycles. The Morgan fingerprint density at radius 1 is 1.24 bits per heavy atom. The van der Waals surface area contributed by atoms with E-state index in [4.69, 9.17) is 0 Å². The first-order valence-electron chi connectivity index (χ1n) is 8.53. The highest BCUT2D eigenvalue weighted by Gasteiger charge is 2.16. The highest BCUT2D eigenvalue weighted by molar-refractivity contribution is 9.10. The molecule has 0 atom stereocenters. The summed E-state index contributed by atoms with van der Waals surface area (Å²) < 4.78 is 38.8. The molecule has 1 N–H and O–H groups in total. The van der Waals surface area contributed by atoms with Gasteiger partial charge in [0, 0.05) is 23.6 Å². The van der Waals surface area contributed by atoms with Gasteiger partial charge in [-0.3, -0.25) is 14.2 Å². The summed E-state index contributed by atoms with van der Waals surface area (Å²) in [5.41, 5.74) is 1.54. The van der Waals surface area contributed by atoms with Gasteiger partial charge in [-0.15, -0.1) is 0 Å². The van der Waals surface area contributed by atoms with Gasteiger partial charge in [0.1, 0.15) is 5.75 Å². The van der Waals surface area contributed by atoms with Crippen LogP contribution in [0.3, 0.4) is 0 Å². The Labute approximate surface area is 172 Å². The Morgan fingerprint density at radius 3 is 2.69 bits per heavy atom. The fraction of sp³-hybridized carbons (Fsp3) is 0.263. The van der Waals surface area contributed by atoms with Crippen molar-refractivity contribution >= 4 is 32.9 Å². The third-order valence-corrected chi connectivity index (χ3v) is 4.90. The van der Waals surface area contributed by atoms with E-state index in [1.165, 1.54) is 17.9 Å². The average Bonchev–Trinajstić information content (AvgIpc) is 2.91. The van der Waals surface area contributed by atoms with Gasteiger partial charge in [-0.05, 0) is 35.9 Å². The second-order valence-electron chi connectivity index (χ2n) is 6.21. The number of nitrogens with one attached hydrogen (secondary N) is 1. The molecule has 7 nitrogen and oxygen atoms in total. The molecule has 0 aliphatic carbocycles. The third kappa shape index (κ3) is 4.58. The molecule has 3 rings (SSSR count). The molecule has 154 valence electrons. The SMILES string of the molecule is COC(=O)NCc1ccc(OC(F)F)c(Cn2c3cc(Br)ccc3c(=O)n2C)c1. The van der Waals surface area contributed by atoms with Gasteiger partial charge < -0.3 is 14.8 Å². The Kier molecular flexibility index (Phi) is 6.21. The topological polar surface area (TPSA) is 74.5 Å². The average molecular weight is 470 g/mol. The zero-order valence-corrected chi connectivity index (χ0v) is 17.2. The number of rotatable bonds is 6. The number of methoxy groups -OCH3 is 1. The van der Waals surface area contributed by atoms with Gasteiger partial charge in [0.2, 0.25) is 0 Å². The Morgan fingerprint density at radius 2 is 2.00 bits per heavy atom. The summed E-state index contributed by atoms with van der Waals surface area (Å²) >= 11 is 3.38. The van der Waals surface area contributed by atoms with Gasteiger partial charge >= 0.3 is 12.7 Å². The second kappa shape index (κ2) is 8.64. The van der Waals surface area contributed by atoms with Crippen LogP contribution in [0.15, 0.2) is 45.7 Å². The van der Waals surface area contributed by atoms with Crippen LogP contribution < -0.4 is 15.6 Å². The van der Waals surface area contributed by atoms with E-state index in [1.807, 2.05) is 0 Å². The first-order valence-corrected chi connectivity index (χ1v) is 9.33. The second-order valence-corrected chi connectivity index (χ2v) is 7.13. The minimum atomic E-state index is -2.99. The summed E-state index contributed by atoms with van der Waals surface area (Å²) in [6, 6.07) is 9.87. The number of amides is 1. The molecule has 0 fully saturated rings. The van der Waals surface area contributed by atoms with Crippen LogP contribution in [0, 0.1) is 0 Å². The quantitative estimate of drug-likeness (QED) is 0.598. The van der Waals surface area contributed by atoms with Crippen molar-refractivity contribution in [2.45, 2.75) is 19.7 Å². The van der Waals surface area contributed by atoms with Crippen LogP contribution in [0.1, 0.15) is 11.1 Å². The molecule has 0 saturated heterocycles. The molecule has 1 heterocycles. The highest BCUT2D eigenvalue weighted by Crippen LogP contribution is 2.25. The van der Waals surface area contributed by atoms with Gasteiger partial charge in [0.25, 0.3) is 5.56 Å². The van der Waals surface area contributed by atoms with E-state index >= 15 is 0 Å². The monoisotopic (exact) mass is 469 g/mol. The number of benzene rings is 2. The number of carbonyl (C=O) groups is 1. The summed E-state index contributed by atoms with van der Waals surface area (Å²) in [6.07, 6.45) is -0.608. The summed E-state index contributed by atoms with van der Waals surface area (Å²) in [5, 5.41) is 3.04. The van der Waals surface area contributed by atoms with E-state index in [-0.39, 0.29) is 24.4 Å². The number of alkyl carbamates (subject to hydrolysis) is 1. The summed E-state index contributed by atoms with van der Waals surface area (Å²) in [5.74, 6) is -0.00823. The van der Waals surface area contributed by atoms with Crippen molar-refractivity contribution in [2.24, 2.45) is 7.05 Å². The van der Waals surface area contributed by atoms with Crippen LogP contribution >= 0.6 is 15.9 Å². The minimum Gasteiger partial charge on any atom is -0.453 e. The number of ether oxygens (including phenoxy) is 2. The fourth-order valence-electron chi connectivity index (χ4n) is 3.02. The predicted octanol–water partition coefficient (Wildman–Crippen LogP) is 3.61. The first-order chi connectivity index (χ1) is 13.8. The Bertz CT molecular complexity index is 1110. The summed E-state index contributed by atoms with van der Waals surface area (Å²) in [4.78, 5) is 23.8. The lowest BCUT2D eigenvalue weighted by atomic mass is 10.1. The molecule has 3 aromatic rings. The Hall–Kier alpha value is -2.88. The van der Waals surface area contributed by atoms with E-state index in [1.54, 1.807) is 42.1 Å². The van der Waals surface area contributed by atoms with Gasteiger partial charge in [0.05, 0.1) is 24.6 Å². The molecule has 29 heavy (non-hydrogen) atoms. The molecule has 0 unspecified atom stereocenters. The van der Waals surface area contributed by atoms with Crippen molar-refractivity contribution in [3.63, 3.8) is 0 Å². The van der Waals surface area contributed by atoms with Crippen molar-refractivity contribution < 1.29 is 23.0 Å². The number of carbonyl (C=O) groups excluding carboxylic acids is 1. The van der Waals surface area contributed by atoms with E-state index in [2.05, 4.69) is 30.7 Å². The Balaban J connectivity index is 2.03. The van der Waals surface area contributed by atoms with Gasteiger partial charge in [-0.2, -0.15) is 8.78 Å². The lowest BCUT2D eigenvalue weighted by Crippen LogP contribution is -2.23. The van der Waals surface area contributed by atoms with E-state index in [0.717, 1.165) is 4.47 Å². The van der Waals surface area contributed by atoms with Crippen molar-refractivity contribution in [2.75, 3.05) is 7.11 Å². The first kappa shape index (κ1) is 20.8. The number of aromatic nitrogens is 2. The number of hydrogen-bond acceptors (Lipinski definition) is 4. The number of nitrogens with zero attached hydrogens (tertiary/aromatic N) is 2. The number of halogens is 3. The molecule has 0 spiro atoms. The molecular formula is C19H18BrF2N3O4. The van der Waals surface area contributed by atoms with E-state index in [0.29, 0.717) is 22.0 Å². The molecule has 1 amide bonds. The number of hydrogen-bond donors (Lipinski definition) is 1. The smallest absolute Gasteiger partial charge is 0.407 e. The molecule has 10 heteroatoms. The molecule has 2 aromatic carbocycles. The lowest BCUT2D eigenvalue weighted by molar-refractivity contribution is -0.0505. The third-order valence-electron chi connectivity index (χ3n) is 4.41. The molecular weight excluding hydrogens is 452 g/mol. The zero-order chi connectivity index (χ0) is 21.1. The fourth-order valence-corrected chi connectivity index (χ4v) is 3.37. The lowest BCUT2D eigenvalue weighted by Gasteiger charge is -2.15. The summed E-state index contributed by atoms with van der Waals surface area (Å²) in [7, 11) is 2.85. The molecule has 0 bridgehead atoms. The van der Waals surface area contributed by atoms with Crippen LogP contribution in [0.2, 0.25) is 0 Å².